The van der Waals surface area contributed by atoms with Gasteiger partial charge in [-0.25, -0.2) is 4.57 Å². The molecule has 0 aromatic carbocycles. The summed E-state index contributed by atoms with van der Waals surface area (Å²) in [5.74, 6) is -1.61. The maximum absolute atomic E-state index is 12.9. The van der Waals surface area contributed by atoms with Crippen LogP contribution in [0.4, 0.5) is 0 Å². The van der Waals surface area contributed by atoms with Crippen molar-refractivity contribution in [2.45, 2.75) is 251 Å². The first-order valence-electron chi connectivity index (χ1n) is 30.4. The van der Waals surface area contributed by atoms with Crippen LogP contribution in [0.2, 0.25) is 0 Å². The Kier molecular flexibility index (Phi) is 55.9. The van der Waals surface area contributed by atoms with E-state index in [9.17, 15) is 28.9 Å². The van der Waals surface area contributed by atoms with Gasteiger partial charge in [0.15, 0.2) is 6.10 Å². The van der Waals surface area contributed by atoms with Gasteiger partial charge in [-0.15, -0.1) is 0 Å². The minimum Gasteiger partial charge on any atom is -0.462 e. The van der Waals surface area contributed by atoms with Gasteiger partial charge in [-0.3, -0.25) is 23.4 Å². The molecule has 0 aromatic heterocycles. The zero-order valence-corrected chi connectivity index (χ0v) is 50.0. The maximum Gasteiger partial charge on any atom is 0.472 e. The van der Waals surface area contributed by atoms with E-state index in [2.05, 4.69) is 130 Å². The SMILES string of the molecule is CC/C=C\C/C=C\C/C=C\C/C=C\C/C=C\CCCCCC(=O)OC(COC(=O)CC/C=C\C/C=C\C/C=C\C/C=C\CC)COP(=O)(O)OCC(CO)OC(=O)CCCCCCCCCCC/C=C\CCCCCCCC. The van der Waals surface area contributed by atoms with Gasteiger partial charge < -0.3 is 24.2 Å². The molecule has 3 unspecified atom stereocenters. The lowest BCUT2D eigenvalue weighted by Crippen LogP contribution is -2.30. The third kappa shape index (κ3) is 56.6. The maximum atomic E-state index is 12.9. The molecule has 0 aliphatic heterocycles. The van der Waals surface area contributed by atoms with Crippen molar-refractivity contribution >= 4 is 25.7 Å². The second-order valence-electron chi connectivity index (χ2n) is 19.7. The molecule has 0 heterocycles. The number of hydrogen-bond acceptors (Lipinski definition) is 10. The highest BCUT2D eigenvalue weighted by Gasteiger charge is 2.28. The van der Waals surface area contributed by atoms with E-state index >= 15 is 0 Å². The molecule has 0 radical (unpaired) electrons. The molecule has 0 saturated carbocycles. The summed E-state index contributed by atoms with van der Waals surface area (Å²) in [7, 11) is -4.78. The highest BCUT2D eigenvalue weighted by atomic mass is 31.2. The molecule has 0 rings (SSSR count). The molecular weight excluding hydrogens is 1000 g/mol. The molecule has 0 saturated heterocycles. The number of aliphatic hydroxyl groups is 1. The van der Waals surface area contributed by atoms with Crippen LogP contribution in [-0.4, -0.2) is 66.5 Å². The van der Waals surface area contributed by atoms with Crippen LogP contribution in [0.25, 0.3) is 0 Å². The molecule has 0 aromatic rings. The molecule has 0 spiro atoms. The van der Waals surface area contributed by atoms with Crippen molar-refractivity contribution in [1.29, 1.82) is 0 Å². The Hall–Kier alpha value is -4.12. The Morgan fingerprint density at radius 1 is 0.372 bits per heavy atom. The fraction of sp³-hybridized carbons (Fsp3) is 0.652. The first kappa shape index (κ1) is 73.9. The minimum absolute atomic E-state index is 0.0918. The van der Waals surface area contributed by atoms with Crippen molar-refractivity contribution in [3.8, 4) is 0 Å². The average molecular weight is 1110 g/mol. The van der Waals surface area contributed by atoms with Crippen molar-refractivity contribution in [1.82, 2.24) is 0 Å². The van der Waals surface area contributed by atoms with Crippen molar-refractivity contribution in [2.75, 3.05) is 26.4 Å². The van der Waals surface area contributed by atoms with Crippen LogP contribution >= 0.6 is 7.82 Å². The fourth-order valence-electron chi connectivity index (χ4n) is 7.80. The number of carbonyl (C=O) groups is 3. The lowest BCUT2D eigenvalue weighted by atomic mass is 10.1. The number of unbranched alkanes of at least 4 members (excludes halogenated alkanes) is 18. The third-order valence-corrected chi connectivity index (χ3v) is 13.3. The summed E-state index contributed by atoms with van der Waals surface area (Å²) >= 11 is 0. The number of allylic oxidation sites excluding steroid dienone is 20. The van der Waals surface area contributed by atoms with Gasteiger partial charge in [0, 0.05) is 19.3 Å². The lowest BCUT2D eigenvalue weighted by Gasteiger charge is -2.21. The largest absolute Gasteiger partial charge is 0.472 e. The Morgan fingerprint density at radius 3 is 1.10 bits per heavy atom. The van der Waals surface area contributed by atoms with Crippen molar-refractivity contribution in [3.63, 3.8) is 0 Å². The number of rotatable bonds is 55. The molecule has 0 fully saturated rings. The first-order valence-corrected chi connectivity index (χ1v) is 31.9. The Balaban J connectivity index is 4.78. The van der Waals surface area contributed by atoms with Crippen LogP contribution in [0.3, 0.4) is 0 Å². The van der Waals surface area contributed by atoms with Crippen LogP contribution in [0, 0.1) is 0 Å². The van der Waals surface area contributed by atoms with Gasteiger partial charge in [0.25, 0.3) is 0 Å². The summed E-state index contributed by atoms with van der Waals surface area (Å²) in [5, 5.41) is 9.84. The third-order valence-electron chi connectivity index (χ3n) is 12.4. The van der Waals surface area contributed by atoms with Gasteiger partial charge in [0.1, 0.15) is 12.7 Å². The number of carbonyl (C=O) groups excluding carboxylic acids is 3. The van der Waals surface area contributed by atoms with E-state index < -0.39 is 64.4 Å². The highest BCUT2D eigenvalue weighted by molar-refractivity contribution is 7.47. The van der Waals surface area contributed by atoms with E-state index in [0.29, 0.717) is 19.3 Å². The number of phosphoric ester groups is 1. The lowest BCUT2D eigenvalue weighted by molar-refractivity contribution is -0.161. The van der Waals surface area contributed by atoms with E-state index in [4.69, 9.17) is 23.3 Å². The molecule has 11 nitrogen and oxygen atoms in total. The summed E-state index contributed by atoms with van der Waals surface area (Å²) in [5.41, 5.74) is 0. The van der Waals surface area contributed by atoms with E-state index in [1.165, 1.54) is 83.5 Å². The Labute approximate surface area is 475 Å². The molecule has 0 aliphatic rings. The van der Waals surface area contributed by atoms with Gasteiger partial charge >= 0.3 is 25.7 Å². The molecule has 0 aliphatic carbocycles. The standard InChI is InChI=1S/C66H109O11P/c1-4-7-10-13-16-19-22-25-27-29-31-33-35-38-41-44-47-50-53-56-65(69)76-62(58-67)60-74-78(71,72)75-61-63(59-73-64(68)55-52-49-46-43-40-37-24-21-18-15-12-9-6-3)77-66(70)57-54-51-48-45-42-39-36-34-32-30-28-26-23-20-17-14-11-8-5-2/h8-9,11-12,17-18,20-21,25-28,32,34,37,39-40,42,46,49,62-63,67H,4-7,10,13-16,19,22-24,29-31,33,35-36,38,41,43-45,47-48,50-61H2,1-3H3,(H,71,72)/b11-8-,12-9-,20-17-,21-18-,27-25-,28-26-,34-32-,40-37-,42-39-,49-46-. The summed E-state index contributed by atoms with van der Waals surface area (Å²) in [4.78, 5) is 48.6. The summed E-state index contributed by atoms with van der Waals surface area (Å²) in [6.45, 7) is 4.29. The van der Waals surface area contributed by atoms with Gasteiger partial charge in [0.05, 0.1) is 19.8 Å². The molecule has 0 amide bonds. The fourth-order valence-corrected chi connectivity index (χ4v) is 8.59. The van der Waals surface area contributed by atoms with Crippen molar-refractivity contribution in [3.05, 3.63) is 122 Å². The molecule has 0 bridgehead atoms. The number of esters is 3. The molecule has 78 heavy (non-hydrogen) atoms. The second-order valence-corrected chi connectivity index (χ2v) is 21.2. The number of aliphatic hydroxyl groups excluding tert-OH is 1. The minimum atomic E-state index is -4.78. The van der Waals surface area contributed by atoms with Gasteiger partial charge in [0.2, 0.25) is 0 Å². The van der Waals surface area contributed by atoms with Crippen LogP contribution < -0.4 is 0 Å². The van der Waals surface area contributed by atoms with Gasteiger partial charge in [-0.1, -0.05) is 226 Å². The topological polar surface area (TPSA) is 155 Å². The second kappa shape index (κ2) is 59.0. The normalized spacial score (nSPS) is 14.2. The first-order chi connectivity index (χ1) is 38.2. The highest BCUT2D eigenvalue weighted by Crippen LogP contribution is 2.43. The Morgan fingerprint density at radius 2 is 0.692 bits per heavy atom. The van der Waals surface area contributed by atoms with E-state index in [0.717, 1.165) is 96.3 Å². The van der Waals surface area contributed by atoms with Crippen LogP contribution in [0.5, 0.6) is 0 Å². The molecule has 444 valence electrons. The predicted molar refractivity (Wildman–Crippen MR) is 325 cm³/mol. The quantitative estimate of drug-likeness (QED) is 0.0197. The Bertz CT molecular complexity index is 1770. The van der Waals surface area contributed by atoms with E-state index in [1.54, 1.807) is 0 Å². The summed E-state index contributed by atoms with van der Waals surface area (Å²) in [6, 6.07) is 0. The number of hydrogen-bond donors (Lipinski definition) is 2. The summed E-state index contributed by atoms with van der Waals surface area (Å²) in [6.07, 6.45) is 73.2. The van der Waals surface area contributed by atoms with E-state index in [1.807, 2.05) is 12.2 Å². The summed E-state index contributed by atoms with van der Waals surface area (Å²) < 4.78 is 39.5. The molecular formula is C66H109O11P. The molecule has 2 N–H and O–H groups in total. The van der Waals surface area contributed by atoms with Gasteiger partial charge in [-0.2, -0.15) is 0 Å². The van der Waals surface area contributed by atoms with E-state index in [-0.39, 0.29) is 19.3 Å². The van der Waals surface area contributed by atoms with Crippen molar-refractivity contribution in [2.24, 2.45) is 0 Å². The van der Waals surface area contributed by atoms with Crippen LogP contribution in [0.1, 0.15) is 239 Å². The van der Waals surface area contributed by atoms with Gasteiger partial charge in [-0.05, 0) is 116 Å². The number of ether oxygens (including phenoxy) is 3. The van der Waals surface area contributed by atoms with Crippen LogP contribution in [0.15, 0.2) is 122 Å². The zero-order valence-electron chi connectivity index (χ0n) is 49.1. The van der Waals surface area contributed by atoms with Crippen LogP contribution in [-0.2, 0) is 42.2 Å². The average Bonchev–Trinajstić information content (AvgIpc) is 3.43. The van der Waals surface area contributed by atoms with Crippen molar-refractivity contribution < 1.29 is 52.2 Å². The number of phosphoric acid groups is 1. The monoisotopic (exact) mass is 1110 g/mol. The predicted octanol–water partition coefficient (Wildman–Crippen LogP) is 18.4. The molecule has 3 atom stereocenters. The smallest absolute Gasteiger partial charge is 0.462 e. The molecule has 12 heteroatoms. The zero-order chi connectivity index (χ0) is 56.9.